The van der Waals surface area contributed by atoms with Crippen molar-refractivity contribution in [1.29, 1.82) is 0 Å². The number of hydrogen-bond donors (Lipinski definition) is 5. The summed E-state index contributed by atoms with van der Waals surface area (Å²) >= 11 is 5.18. The van der Waals surface area contributed by atoms with Gasteiger partial charge in [0.05, 0.1) is 13.7 Å². The van der Waals surface area contributed by atoms with Crippen LogP contribution in [-0.4, -0.2) is 54.8 Å². The van der Waals surface area contributed by atoms with Crippen LogP contribution in [0.4, 0.5) is 5.95 Å². The number of H-pyrrole nitrogens is 1. The van der Waals surface area contributed by atoms with Crippen molar-refractivity contribution in [3.8, 4) is 0 Å². The van der Waals surface area contributed by atoms with E-state index in [2.05, 4.69) is 9.97 Å². The van der Waals surface area contributed by atoms with Crippen LogP contribution in [0.25, 0.3) is 11.2 Å². The minimum atomic E-state index is -1.19. The number of imidazole rings is 1. The molecule has 0 saturated carbocycles. The van der Waals surface area contributed by atoms with E-state index in [1.807, 2.05) is 0 Å². The van der Waals surface area contributed by atoms with Crippen molar-refractivity contribution in [2.24, 2.45) is 7.05 Å². The van der Waals surface area contributed by atoms with Crippen molar-refractivity contribution in [3.05, 3.63) is 11.0 Å². The number of hydrogen-bond acceptors (Lipinski definition) is 7. The van der Waals surface area contributed by atoms with E-state index in [9.17, 15) is 10.2 Å². The largest absolute Gasteiger partial charge is 0.394 e. The van der Waals surface area contributed by atoms with Gasteiger partial charge in [-0.3, -0.25) is 4.57 Å². The maximum Gasteiger partial charge on any atom is 0.273 e. The zero-order valence-corrected chi connectivity index (χ0v) is 12.0. The molecule has 1 saturated heterocycles. The highest BCUT2D eigenvalue weighted by Crippen LogP contribution is 2.26. The van der Waals surface area contributed by atoms with Crippen LogP contribution in [0.1, 0.15) is 6.23 Å². The Morgan fingerprint density at radius 2 is 2.24 bits per heavy atom. The maximum atomic E-state index is 10.1. The highest BCUT2D eigenvalue weighted by Gasteiger charge is 2.46. The first-order valence-corrected chi connectivity index (χ1v) is 6.73. The number of rotatable bonds is 2. The van der Waals surface area contributed by atoms with Gasteiger partial charge in [0.1, 0.15) is 18.3 Å². The number of aliphatic hydroxyl groups excluding tert-OH is 3. The number of ether oxygens (including phenoxy) is 1. The fraction of sp³-hybridized carbons (Fsp3) is 0.545. The lowest BCUT2D eigenvalue weighted by molar-refractivity contribution is -0.745. The summed E-state index contributed by atoms with van der Waals surface area (Å²) in [5, 5.41) is 29.1. The quantitative estimate of drug-likeness (QED) is 0.323. The molecule has 10 heteroatoms. The lowest BCUT2D eigenvalue weighted by atomic mass is 10.1. The van der Waals surface area contributed by atoms with Crippen LogP contribution in [0.5, 0.6) is 0 Å². The molecule has 0 radical (unpaired) electrons. The molecule has 114 valence electrons. The predicted molar refractivity (Wildman–Crippen MR) is 73.5 cm³/mol. The van der Waals surface area contributed by atoms with Crippen LogP contribution in [0, 0.1) is 4.64 Å². The van der Waals surface area contributed by atoms with Crippen LogP contribution in [0.2, 0.25) is 0 Å². The number of nitrogen functional groups attached to an aromatic ring is 1. The summed E-state index contributed by atoms with van der Waals surface area (Å²) < 4.78 is 9.11. The Morgan fingerprint density at radius 3 is 2.86 bits per heavy atom. The number of aromatic nitrogens is 4. The van der Waals surface area contributed by atoms with E-state index in [-0.39, 0.29) is 12.6 Å². The van der Waals surface area contributed by atoms with Crippen molar-refractivity contribution < 1.29 is 24.6 Å². The summed E-state index contributed by atoms with van der Waals surface area (Å²) in [6.07, 6.45) is -2.43. The Morgan fingerprint density at radius 1 is 1.52 bits per heavy atom. The van der Waals surface area contributed by atoms with E-state index in [1.165, 1.54) is 0 Å². The molecule has 0 aromatic carbocycles. The van der Waals surface area contributed by atoms with E-state index < -0.39 is 24.5 Å². The minimum Gasteiger partial charge on any atom is -0.394 e. The molecule has 0 aliphatic carbocycles. The number of nitrogens with one attached hydrogen (secondary N) is 1. The molecule has 6 N–H and O–H groups in total. The molecular formula is C11H16N5O4S+. The smallest absolute Gasteiger partial charge is 0.273 e. The average Bonchev–Trinajstić information content (AvgIpc) is 2.89. The third kappa shape index (κ3) is 2.12. The van der Waals surface area contributed by atoms with Gasteiger partial charge in [-0.1, -0.05) is 12.2 Å². The van der Waals surface area contributed by atoms with E-state index in [0.29, 0.717) is 15.8 Å². The van der Waals surface area contributed by atoms with Crippen molar-refractivity contribution in [2.75, 3.05) is 12.3 Å². The van der Waals surface area contributed by atoms with Gasteiger partial charge in [0, 0.05) is 0 Å². The van der Waals surface area contributed by atoms with Crippen LogP contribution in [-0.2, 0) is 11.8 Å². The van der Waals surface area contributed by atoms with Crippen molar-refractivity contribution in [3.63, 3.8) is 0 Å². The van der Waals surface area contributed by atoms with E-state index in [1.54, 1.807) is 22.5 Å². The molecule has 0 bridgehead atoms. The first-order chi connectivity index (χ1) is 9.93. The van der Waals surface area contributed by atoms with E-state index >= 15 is 0 Å². The fourth-order valence-electron chi connectivity index (χ4n) is 2.58. The van der Waals surface area contributed by atoms with Gasteiger partial charge in [-0.15, -0.1) is 0 Å². The van der Waals surface area contributed by atoms with Gasteiger partial charge in [0.2, 0.25) is 11.7 Å². The number of aliphatic hydroxyl groups is 3. The highest BCUT2D eigenvalue weighted by atomic mass is 32.1. The van der Waals surface area contributed by atoms with E-state index in [4.69, 9.17) is 27.8 Å². The summed E-state index contributed by atoms with van der Waals surface area (Å²) in [7, 11) is 1.77. The second kappa shape index (κ2) is 5.00. The highest BCUT2D eigenvalue weighted by molar-refractivity contribution is 7.71. The molecule has 0 unspecified atom stereocenters. The topological polar surface area (TPSA) is 133 Å². The molecule has 3 rings (SSSR count). The van der Waals surface area contributed by atoms with Gasteiger partial charge in [-0.25, -0.2) is 9.55 Å². The molecule has 3 heterocycles. The molecule has 2 aromatic heterocycles. The number of aryl methyl sites for hydroxylation is 1. The van der Waals surface area contributed by atoms with Crippen LogP contribution in [0.15, 0.2) is 6.33 Å². The molecule has 2 aromatic rings. The summed E-state index contributed by atoms with van der Waals surface area (Å²) in [4.78, 5) is 6.85. The monoisotopic (exact) mass is 314 g/mol. The van der Waals surface area contributed by atoms with Gasteiger partial charge in [0.15, 0.2) is 11.0 Å². The summed E-state index contributed by atoms with van der Waals surface area (Å²) in [6.45, 7) is -0.389. The fourth-order valence-corrected chi connectivity index (χ4v) is 2.92. The molecule has 1 aliphatic heterocycles. The minimum absolute atomic E-state index is 0.138. The van der Waals surface area contributed by atoms with Gasteiger partial charge < -0.3 is 25.8 Å². The van der Waals surface area contributed by atoms with Crippen LogP contribution < -0.4 is 10.3 Å². The number of fused-ring (bicyclic) bond motifs is 1. The Hall–Kier alpha value is -1.59. The van der Waals surface area contributed by atoms with Gasteiger partial charge >= 0.3 is 0 Å². The summed E-state index contributed by atoms with van der Waals surface area (Å²) in [5.41, 5.74) is 6.81. The molecule has 1 fully saturated rings. The third-order valence-electron chi connectivity index (χ3n) is 3.60. The third-order valence-corrected chi connectivity index (χ3v) is 3.88. The van der Waals surface area contributed by atoms with Gasteiger partial charge in [0.25, 0.3) is 11.6 Å². The lowest BCUT2D eigenvalue weighted by Gasteiger charge is -2.12. The molecule has 21 heavy (non-hydrogen) atoms. The zero-order valence-electron chi connectivity index (χ0n) is 11.2. The molecule has 9 nitrogen and oxygen atoms in total. The van der Waals surface area contributed by atoms with Gasteiger partial charge in [-0.05, 0) is 0 Å². The predicted octanol–water partition coefficient (Wildman–Crippen LogP) is -1.89. The number of nitrogens with two attached hydrogens (primary N) is 1. The first-order valence-electron chi connectivity index (χ1n) is 6.32. The molecular weight excluding hydrogens is 298 g/mol. The van der Waals surface area contributed by atoms with Crippen molar-refractivity contribution in [1.82, 2.24) is 14.5 Å². The number of aromatic amines is 1. The Kier molecular flexibility index (Phi) is 3.42. The second-order valence-electron chi connectivity index (χ2n) is 4.99. The SMILES string of the molecule is Cn1c[n+]([C@@H]2O[C@H](CO)[C@@H](O)[C@H]2O)c2[nH]c(N)nc(=S)c21. The number of nitrogens with zero attached hydrogens (tertiary/aromatic N) is 3. The Labute approximate surface area is 124 Å². The summed E-state index contributed by atoms with van der Waals surface area (Å²) in [6, 6.07) is 0. The molecule has 1 aliphatic rings. The Bertz CT molecular complexity index is 744. The lowest BCUT2D eigenvalue weighted by Crippen LogP contribution is -2.46. The second-order valence-corrected chi connectivity index (χ2v) is 5.37. The molecule has 0 amide bonds. The van der Waals surface area contributed by atoms with Crippen molar-refractivity contribution in [2.45, 2.75) is 24.5 Å². The summed E-state index contributed by atoms with van der Waals surface area (Å²) in [5.74, 6) is 0.138. The normalized spacial score (nSPS) is 29.3. The molecule has 0 spiro atoms. The zero-order chi connectivity index (χ0) is 15.3. The first kappa shape index (κ1) is 14.4. The van der Waals surface area contributed by atoms with E-state index in [0.717, 1.165) is 0 Å². The van der Waals surface area contributed by atoms with Crippen LogP contribution >= 0.6 is 12.2 Å². The Balaban J connectivity index is 2.16. The maximum absolute atomic E-state index is 10.1. The van der Waals surface area contributed by atoms with Crippen molar-refractivity contribution >= 4 is 29.3 Å². The van der Waals surface area contributed by atoms with Crippen LogP contribution in [0.3, 0.4) is 0 Å². The standard InChI is InChI=1S/C11H15N5O4S/c1-15-3-16(8-5(15)9(21)14-11(12)13-8)10-7(19)6(18)4(2-17)20-10/h3-4,6-7,10,17-19H,2H2,1H3,(H2-,12,13,14,21)/p+1/t4-,6-,7-,10-/m1/s1. The van der Waals surface area contributed by atoms with Gasteiger partial charge in [-0.2, -0.15) is 4.98 Å². The molecule has 4 atom stereocenters. The number of anilines is 1. The average molecular weight is 314 g/mol.